The van der Waals surface area contributed by atoms with Gasteiger partial charge in [0.1, 0.15) is 5.69 Å². The molecule has 0 fully saturated rings. The number of nitrogens with zero attached hydrogens (tertiary/aromatic N) is 3. The number of hydrogen-bond acceptors (Lipinski definition) is 6. The van der Waals surface area contributed by atoms with Crippen LogP contribution in [0.3, 0.4) is 0 Å². The molecular weight excluding hydrogens is 466 g/mol. The Morgan fingerprint density at radius 2 is 1.46 bits per heavy atom. The van der Waals surface area contributed by atoms with Crippen molar-refractivity contribution >= 4 is 17.3 Å². The lowest BCUT2D eigenvalue weighted by Crippen LogP contribution is -2.05. The summed E-state index contributed by atoms with van der Waals surface area (Å²) < 4.78 is 12.2. The third kappa shape index (κ3) is 16.4. The molecule has 0 aliphatic heterocycles. The van der Waals surface area contributed by atoms with Gasteiger partial charge in [0, 0.05) is 25.5 Å². The van der Waals surface area contributed by atoms with Gasteiger partial charge in [0.2, 0.25) is 6.41 Å². The third-order valence-electron chi connectivity index (χ3n) is 4.52. The average molecular weight is 512 g/mol. The summed E-state index contributed by atoms with van der Waals surface area (Å²) in [5.41, 5.74) is 4.05. The molecule has 0 bridgehead atoms. The van der Waals surface area contributed by atoms with E-state index in [-0.39, 0.29) is 0 Å². The normalized spacial score (nSPS) is 9.65. The van der Waals surface area contributed by atoms with E-state index in [0.717, 1.165) is 37.5 Å². The zero-order chi connectivity index (χ0) is 27.9. The molecule has 0 amide bonds. The predicted octanol–water partition coefficient (Wildman–Crippen LogP) is 4.74. The van der Waals surface area contributed by atoms with Crippen molar-refractivity contribution in [3.8, 4) is 11.8 Å². The molecule has 2 aromatic carbocycles. The molecule has 0 aliphatic carbocycles. The molecule has 0 unspecified atom stereocenters. The molecule has 0 radical (unpaired) electrons. The maximum absolute atomic E-state index is 11.0. The van der Waals surface area contributed by atoms with Crippen molar-refractivity contribution in [2.45, 2.75) is 40.0 Å². The maximum atomic E-state index is 11.0. The lowest BCUT2D eigenvalue weighted by Gasteiger charge is -2.03. The fourth-order valence-electron chi connectivity index (χ4n) is 2.74. The second kappa shape index (κ2) is 22.2. The summed E-state index contributed by atoms with van der Waals surface area (Å²) in [6, 6.07) is 16.0. The minimum atomic E-state index is 0.566. The quantitative estimate of drug-likeness (QED) is 0.254. The number of para-hydroxylation sites is 1. The molecular formula is C30H45N3O4. The van der Waals surface area contributed by atoms with E-state index in [0.29, 0.717) is 38.3 Å². The molecule has 1 aromatic heterocycles. The van der Waals surface area contributed by atoms with Crippen LogP contribution in [0, 0.1) is 25.7 Å². The van der Waals surface area contributed by atoms with Crippen LogP contribution in [-0.4, -0.2) is 80.9 Å². The molecule has 0 aliphatic rings. The zero-order valence-electron chi connectivity index (χ0n) is 23.7. The van der Waals surface area contributed by atoms with Crippen LogP contribution in [0.25, 0.3) is 10.9 Å². The molecule has 7 nitrogen and oxygen atoms in total. The molecule has 3 aromatic rings. The molecule has 1 heterocycles. The van der Waals surface area contributed by atoms with Crippen molar-refractivity contribution in [1.82, 2.24) is 14.7 Å². The first-order valence-corrected chi connectivity index (χ1v) is 12.5. The Kier molecular flexibility index (Phi) is 20.4. The van der Waals surface area contributed by atoms with E-state index in [1.54, 1.807) is 0 Å². The van der Waals surface area contributed by atoms with Gasteiger partial charge in [-0.2, -0.15) is 5.10 Å². The SMILES string of the molecule is CCCCOCCOCCC#Cc1nn(C=O)c2ccccc12.CN(C)C.CO.Cc1ccc(C)cc1. The summed E-state index contributed by atoms with van der Waals surface area (Å²) in [5.74, 6) is 6.04. The highest BCUT2D eigenvalue weighted by Crippen LogP contribution is 2.16. The van der Waals surface area contributed by atoms with E-state index < -0.39 is 0 Å². The molecule has 0 spiro atoms. The van der Waals surface area contributed by atoms with Crippen LogP contribution in [0.5, 0.6) is 0 Å². The summed E-state index contributed by atoms with van der Waals surface area (Å²) in [6.07, 6.45) is 3.55. The number of aryl methyl sites for hydroxylation is 2. The molecule has 0 saturated carbocycles. The first-order valence-electron chi connectivity index (χ1n) is 12.5. The number of hydrogen-bond donors (Lipinski definition) is 1. The van der Waals surface area contributed by atoms with Gasteiger partial charge in [-0.25, -0.2) is 4.68 Å². The maximum Gasteiger partial charge on any atom is 0.234 e. The number of carbonyl (C=O) groups is 1. The van der Waals surface area contributed by atoms with Gasteiger partial charge in [0.15, 0.2) is 0 Å². The van der Waals surface area contributed by atoms with Gasteiger partial charge in [-0.15, -0.1) is 0 Å². The number of fused-ring (bicyclic) bond motifs is 1. The lowest BCUT2D eigenvalue weighted by molar-refractivity contribution is 0.0489. The van der Waals surface area contributed by atoms with Crippen LogP contribution in [0.4, 0.5) is 0 Å². The van der Waals surface area contributed by atoms with Crippen molar-refractivity contribution in [2.75, 3.05) is 54.7 Å². The minimum Gasteiger partial charge on any atom is -0.400 e. The van der Waals surface area contributed by atoms with E-state index in [2.05, 4.69) is 62.0 Å². The van der Waals surface area contributed by atoms with E-state index in [1.807, 2.05) is 50.3 Å². The molecule has 204 valence electrons. The first-order chi connectivity index (χ1) is 17.9. The van der Waals surface area contributed by atoms with Crippen LogP contribution in [-0.2, 0) is 14.3 Å². The van der Waals surface area contributed by atoms with Crippen molar-refractivity contribution in [3.63, 3.8) is 0 Å². The number of aliphatic hydroxyl groups excluding tert-OH is 1. The first kappa shape index (κ1) is 34.0. The van der Waals surface area contributed by atoms with E-state index in [9.17, 15) is 4.79 Å². The summed E-state index contributed by atoms with van der Waals surface area (Å²) in [6.45, 7) is 8.91. The highest BCUT2D eigenvalue weighted by molar-refractivity contribution is 5.88. The highest BCUT2D eigenvalue weighted by atomic mass is 16.5. The van der Waals surface area contributed by atoms with Crippen molar-refractivity contribution in [1.29, 1.82) is 0 Å². The van der Waals surface area contributed by atoms with Crippen LogP contribution >= 0.6 is 0 Å². The fraction of sp³-hybridized carbons (Fsp3) is 0.467. The Morgan fingerprint density at radius 1 is 0.919 bits per heavy atom. The Balaban J connectivity index is 0.000000759. The number of carbonyl (C=O) groups excluding carboxylic acids is 1. The van der Waals surface area contributed by atoms with Gasteiger partial charge in [-0.1, -0.05) is 66.8 Å². The van der Waals surface area contributed by atoms with Crippen molar-refractivity contribution < 1.29 is 19.4 Å². The predicted molar refractivity (Wildman–Crippen MR) is 154 cm³/mol. The largest absolute Gasteiger partial charge is 0.400 e. The summed E-state index contributed by atoms with van der Waals surface area (Å²) in [5, 5.41) is 12.1. The number of aromatic nitrogens is 2. The molecule has 37 heavy (non-hydrogen) atoms. The van der Waals surface area contributed by atoms with Crippen LogP contribution in [0.1, 0.15) is 43.0 Å². The molecule has 1 N–H and O–H groups in total. The smallest absolute Gasteiger partial charge is 0.234 e. The zero-order valence-corrected chi connectivity index (χ0v) is 23.7. The second-order valence-corrected chi connectivity index (χ2v) is 8.54. The minimum absolute atomic E-state index is 0.566. The third-order valence-corrected chi connectivity index (χ3v) is 4.52. The Bertz CT molecular complexity index is 1010. The number of benzene rings is 2. The average Bonchev–Trinajstić information content (AvgIpc) is 3.26. The van der Waals surface area contributed by atoms with Crippen molar-refractivity contribution in [3.05, 3.63) is 65.4 Å². The summed E-state index contributed by atoms with van der Waals surface area (Å²) in [4.78, 5) is 13.0. The van der Waals surface area contributed by atoms with Gasteiger partial charge in [0.25, 0.3) is 0 Å². The Hall–Kier alpha value is -3.02. The highest BCUT2D eigenvalue weighted by Gasteiger charge is 2.06. The number of ether oxygens (including phenoxy) is 2. The topological polar surface area (TPSA) is 76.8 Å². The van der Waals surface area contributed by atoms with Crippen LogP contribution in [0.15, 0.2) is 48.5 Å². The Morgan fingerprint density at radius 3 is 2.00 bits per heavy atom. The summed E-state index contributed by atoms with van der Waals surface area (Å²) >= 11 is 0. The van der Waals surface area contributed by atoms with Gasteiger partial charge in [-0.05, 0) is 59.5 Å². The number of unbranched alkanes of at least 4 members (excludes halogenated alkanes) is 1. The lowest BCUT2D eigenvalue weighted by atomic mass is 10.2. The van der Waals surface area contributed by atoms with E-state index >= 15 is 0 Å². The molecule has 7 heteroatoms. The summed E-state index contributed by atoms with van der Waals surface area (Å²) in [7, 11) is 7.00. The molecule has 0 saturated heterocycles. The van der Waals surface area contributed by atoms with Gasteiger partial charge < -0.3 is 19.5 Å². The van der Waals surface area contributed by atoms with Gasteiger partial charge in [-0.3, -0.25) is 4.79 Å². The van der Waals surface area contributed by atoms with E-state index in [4.69, 9.17) is 14.6 Å². The Labute approximate surface area is 223 Å². The molecule has 3 rings (SSSR count). The van der Waals surface area contributed by atoms with Gasteiger partial charge >= 0.3 is 0 Å². The van der Waals surface area contributed by atoms with Gasteiger partial charge in [0.05, 0.1) is 25.3 Å². The standard InChI is InChI=1S/C18H22N2O3.C8H10.C3H9N.CH4O/c1-2-3-11-22-13-14-23-12-7-6-9-17-16-8-4-5-10-18(16)20(15-21)19-17;1-7-3-5-8(2)6-4-7;1-4(2)3;1-2/h4-5,8,10,15H,2-3,7,11-14H2,1H3;3-6H,1-2H3;1-3H3;2H,1H3. The van der Waals surface area contributed by atoms with Crippen LogP contribution < -0.4 is 0 Å². The van der Waals surface area contributed by atoms with E-state index in [1.165, 1.54) is 15.8 Å². The van der Waals surface area contributed by atoms with Crippen molar-refractivity contribution in [2.24, 2.45) is 0 Å². The van der Waals surface area contributed by atoms with Crippen LogP contribution in [0.2, 0.25) is 0 Å². The number of rotatable bonds is 9. The molecule has 0 atom stereocenters. The monoisotopic (exact) mass is 511 g/mol. The fourth-order valence-corrected chi connectivity index (χ4v) is 2.74. The number of aliphatic hydroxyl groups is 1. The second-order valence-electron chi connectivity index (χ2n) is 8.54.